The molecule has 1 aromatic rings. The van der Waals surface area contributed by atoms with Crippen LogP contribution < -0.4 is 4.74 Å². The summed E-state index contributed by atoms with van der Waals surface area (Å²) in [5.74, 6) is 0.913. The maximum atomic E-state index is 12.0. The van der Waals surface area contributed by atoms with Gasteiger partial charge in [0.15, 0.2) is 0 Å². The van der Waals surface area contributed by atoms with Crippen LogP contribution in [0.25, 0.3) is 0 Å². The van der Waals surface area contributed by atoms with Crippen molar-refractivity contribution < 1.29 is 9.53 Å². The molecule has 0 aliphatic carbocycles. The largest absolute Gasteiger partial charge is 0.497 e. The van der Waals surface area contributed by atoms with Crippen molar-refractivity contribution in [2.75, 3.05) is 20.2 Å². The molecule has 0 spiro atoms. The summed E-state index contributed by atoms with van der Waals surface area (Å²) in [5, 5.41) is 8.68. The SMILES string of the molecule is CCN(CC#N)C(=O)CC(C)c1cccc(OC)c1. The van der Waals surface area contributed by atoms with Crippen molar-refractivity contribution in [3.63, 3.8) is 0 Å². The van der Waals surface area contributed by atoms with Crippen molar-refractivity contribution in [3.8, 4) is 11.8 Å². The Labute approximate surface area is 114 Å². The summed E-state index contributed by atoms with van der Waals surface area (Å²) >= 11 is 0. The first-order valence-electron chi connectivity index (χ1n) is 6.41. The highest BCUT2D eigenvalue weighted by atomic mass is 16.5. The lowest BCUT2D eigenvalue weighted by Gasteiger charge is -2.20. The summed E-state index contributed by atoms with van der Waals surface area (Å²) in [5.41, 5.74) is 1.07. The van der Waals surface area contributed by atoms with E-state index in [2.05, 4.69) is 0 Å². The average molecular weight is 260 g/mol. The molecule has 102 valence electrons. The molecule has 0 saturated heterocycles. The van der Waals surface area contributed by atoms with Gasteiger partial charge in [-0.25, -0.2) is 0 Å². The monoisotopic (exact) mass is 260 g/mol. The van der Waals surface area contributed by atoms with Gasteiger partial charge >= 0.3 is 0 Å². The lowest BCUT2D eigenvalue weighted by molar-refractivity contribution is -0.130. The highest BCUT2D eigenvalue weighted by Crippen LogP contribution is 2.23. The molecule has 0 heterocycles. The Morgan fingerprint density at radius 1 is 1.53 bits per heavy atom. The molecule has 4 heteroatoms. The van der Waals surface area contributed by atoms with E-state index >= 15 is 0 Å². The van der Waals surface area contributed by atoms with E-state index < -0.39 is 0 Å². The molecule has 1 unspecified atom stereocenters. The lowest BCUT2D eigenvalue weighted by Crippen LogP contribution is -2.31. The molecule has 0 aromatic heterocycles. The minimum absolute atomic E-state index is 0.0133. The molecule has 19 heavy (non-hydrogen) atoms. The van der Waals surface area contributed by atoms with Crippen LogP contribution in [0.4, 0.5) is 0 Å². The Morgan fingerprint density at radius 2 is 2.26 bits per heavy atom. The molecule has 1 rings (SSSR count). The molecule has 0 radical (unpaired) electrons. The van der Waals surface area contributed by atoms with Crippen molar-refractivity contribution >= 4 is 5.91 Å². The third-order valence-electron chi connectivity index (χ3n) is 3.14. The van der Waals surface area contributed by atoms with E-state index in [4.69, 9.17) is 10.00 Å². The Balaban J connectivity index is 2.70. The van der Waals surface area contributed by atoms with Crippen LogP contribution in [0.1, 0.15) is 31.7 Å². The topological polar surface area (TPSA) is 53.3 Å². The number of methoxy groups -OCH3 is 1. The number of carbonyl (C=O) groups is 1. The van der Waals surface area contributed by atoms with E-state index in [0.29, 0.717) is 13.0 Å². The van der Waals surface area contributed by atoms with Gasteiger partial charge in [-0.2, -0.15) is 5.26 Å². The van der Waals surface area contributed by atoms with Gasteiger partial charge < -0.3 is 9.64 Å². The van der Waals surface area contributed by atoms with E-state index in [9.17, 15) is 4.79 Å². The van der Waals surface area contributed by atoms with Crippen molar-refractivity contribution in [1.82, 2.24) is 4.90 Å². The Hall–Kier alpha value is -2.02. The van der Waals surface area contributed by atoms with Gasteiger partial charge in [0, 0.05) is 13.0 Å². The Kier molecular flexibility index (Phi) is 5.87. The van der Waals surface area contributed by atoms with E-state index in [1.807, 2.05) is 44.2 Å². The number of nitrogens with zero attached hydrogens (tertiary/aromatic N) is 2. The van der Waals surface area contributed by atoms with E-state index in [1.165, 1.54) is 0 Å². The van der Waals surface area contributed by atoms with Crippen LogP contribution in [0, 0.1) is 11.3 Å². The third kappa shape index (κ3) is 4.29. The van der Waals surface area contributed by atoms with Crippen LogP contribution >= 0.6 is 0 Å². The summed E-state index contributed by atoms with van der Waals surface area (Å²) < 4.78 is 5.18. The summed E-state index contributed by atoms with van der Waals surface area (Å²) in [6.07, 6.45) is 0.405. The quantitative estimate of drug-likeness (QED) is 0.739. The van der Waals surface area contributed by atoms with Crippen molar-refractivity contribution in [2.45, 2.75) is 26.2 Å². The first-order valence-corrected chi connectivity index (χ1v) is 6.41. The fourth-order valence-corrected chi connectivity index (χ4v) is 1.92. The summed E-state index contributed by atoms with van der Waals surface area (Å²) in [7, 11) is 1.63. The Bertz CT molecular complexity index is 465. The second-order valence-electron chi connectivity index (χ2n) is 4.45. The Morgan fingerprint density at radius 3 is 2.84 bits per heavy atom. The van der Waals surface area contributed by atoms with Gasteiger partial charge in [0.1, 0.15) is 12.3 Å². The van der Waals surface area contributed by atoms with Gasteiger partial charge in [0.2, 0.25) is 5.91 Å². The van der Waals surface area contributed by atoms with Crippen molar-refractivity contribution in [3.05, 3.63) is 29.8 Å². The highest BCUT2D eigenvalue weighted by Gasteiger charge is 2.16. The smallest absolute Gasteiger partial charge is 0.224 e. The molecule has 0 aliphatic rings. The van der Waals surface area contributed by atoms with Gasteiger partial charge in [0.25, 0.3) is 0 Å². The molecule has 0 aliphatic heterocycles. The van der Waals surface area contributed by atoms with Gasteiger partial charge in [-0.3, -0.25) is 4.79 Å². The number of nitriles is 1. The number of hydrogen-bond donors (Lipinski definition) is 0. The van der Waals surface area contributed by atoms with Crippen molar-refractivity contribution in [1.29, 1.82) is 5.26 Å². The minimum atomic E-state index is 0.0133. The normalized spacial score (nSPS) is 11.5. The average Bonchev–Trinajstić information content (AvgIpc) is 2.44. The van der Waals surface area contributed by atoms with E-state index in [-0.39, 0.29) is 18.4 Å². The molecular weight excluding hydrogens is 240 g/mol. The van der Waals surface area contributed by atoms with Gasteiger partial charge in [-0.1, -0.05) is 19.1 Å². The standard InChI is InChI=1S/C15H20N2O2/c1-4-17(9-8-16)15(18)10-12(2)13-6-5-7-14(11-13)19-3/h5-7,11-12H,4,9-10H2,1-3H3. The number of benzene rings is 1. The molecule has 1 aromatic carbocycles. The fourth-order valence-electron chi connectivity index (χ4n) is 1.92. The lowest BCUT2D eigenvalue weighted by atomic mass is 9.97. The number of carbonyl (C=O) groups excluding carboxylic acids is 1. The summed E-state index contributed by atoms with van der Waals surface area (Å²) in [6.45, 7) is 4.61. The predicted octanol–water partition coefficient (Wildman–Crippen LogP) is 2.56. The number of ether oxygens (including phenoxy) is 1. The molecule has 0 saturated carbocycles. The summed E-state index contributed by atoms with van der Waals surface area (Å²) in [6, 6.07) is 9.75. The predicted molar refractivity (Wildman–Crippen MR) is 73.9 cm³/mol. The second kappa shape index (κ2) is 7.42. The zero-order chi connectivity index (χ0) is 14.3. The van der Waals surface area contributed by atoms with Gasteiger partial charge in [-0.15, -0.1) is 0 Å². The number of amides is 1. The first-order chi connectivity index (χ1) is 9.12. The number of hydrogen-bond acceptors (Lipinski definition) is 3. The molecule has 4 nitrogen and oxygen atoms in total. The van der Waals surface area contributed by atoms with Crippen LogP contribution in [0.5, 0.6) is 5.75 Å². The summed E-state index contributed by atoms with van der Waals surface area (Å²) in [4.78, 5) is 13.6. The van der Waals surface area contributed by atoms with Crippen LogP contribution in [0.15, 0.2) is 24.3 Å². The van der Waals surface area contributed by atoms with Crippen LogP contribution in [-0.2, 0) is 4.79 Å². The minimum Gasteiger partial charge on any atom is -0.497 e. The van der Waals surface area contributed by atoms with Crippen LogP contribution in [-0.4, -0.2) is 31.0 Å². The fraction of sp³-hybridized carbons (Fsp3) is 0.467. The van der Waals surface area contributed by atoms with Crippen LogP contribution in [0.2, 0.25) is 0 Å². The molecule has 0 N–H and O–H groups in total. The van der Waals surface area contributed by atoms with Gasteiger partial charge in [0.05, 0.1) is 13.2 Å². The number of rotatable bonds is 6. The molecule has 0 bridgehead atoms. The molecular formula is C15H20N2O2. The zero-order valence-electron chi connectivity index (χ0n) is 11.7. The van der Waals surface area contributed by atoms with E-state index in [1.54, 1.807) is 12.0 Å². The molecule has 0 fully saturated rings. The highest BCUT2D eigenvalue weighted by molar-refractivity contribution is 5.77. The van der Waals surface area contributed by atoms with Gasteiger partial charge in [-0.05, 0) is 30.5 Å². The zero-order valence-corrected chi connectivity index (χ0v) is 11.7. The van der Waals surface area contributed by atoms with E-state index in [0.717, 1.165) is 11.3 Å². The molecule has 1 amide bonds. The third-order valence-corrected chi connectivity index (χ3v) is 3.14. The second-order valence-corrected chi connectivity index (χ2v) is 4.45. The van der Waals surface area contributed by atoms with Crippen LogP contribution in [0.3, 0.4) is 0 Å². The van der Waals surface area contributed by atoms with Crippen molar-refractivity contribution in [2.24, 2.45) is 0 Å². The first kappa shape index (κ1) is 15.0. The maximum absolute atomic E-state index is 12.0. The maximum Gasteiger partial charge on any atom is 0.224 e. The molecule has 1 atom stereocenters.